The second-order valence-corrected chi connectivity index (χ2v) is 4.46. The number of carbonyl (C=O) groups is 3. The Morgan fingerprint density at radius 3 is 2.21 bits per heavy atom. The molecule has 1 aliphatic rings. The van der Waals surface area contributed by atoms with E-state index in [1.807, 2.05) is 0 Å². The van der Waals surface area contributed by atoms with Crippen LogP contribution in [0, 0.1) is 11.8 Å². The standard InChI is InChI=1S/C12H15F3O4/c1-2-19-11(18)8(10(17)12(13,14)15)6-9(16)7-4-3-5-7/h7-8H,2-6H2,1H3. The summed E-state index contributed by atoms with van der Waals surface area (Å²) in [5.41, 5.74) is 0. The maximum Gasteiger partial charge on any atom is 0.450 e. The number of halogens is 3. The van der Waals surface area contributed by atoms with Crippen molar-refractivity contribution in [2.24, 2.45) is 11.8 Å². The fourth-order valence-corrected chi connectivity index (χ4v) is 1.82. The monoisotopic (exact) mass is 280 g/mol. The van der Waals surface area contributed by atoms with Gasteiger partial charge in [0.1, 0.15) is 11.7 Å². The Hall–Kier alpha value is -1.40. The molecule has 7 heteroatoms. The van der Waals surface area contributed by atoms with Crippen molar-refractivity contribution >= 4 is 17.5 Å². The highest BCUT2D eigenvalue weighted by molar-refractivity contribution is 6.05. The zero-order valence-electron chi connectivity index (χ0n) is 10.5. The van der Waals surface area contributed by atoms with E-state index in [9.17, 15) is 27.6 Å². The van der Waals surface area contributed by atoms with Gasteiger partial charge in [-0.2, -0.15) is 13.2 Å². The highest BCUT2D eigenvalue weighted by Crippen LogP contribution is 2.31. The van der Waals surface area contributed by atoms with Crippen molar-refractivity contribution in [3.8, 4) is 0 Å². The zero-order chi connectivity index (χ0) is 14.6. The summed E-state index contributed by atoms with van der Waals surface area (Å²) in [5, 5.41) is 0. The van der Waals surface area contributed by atoms with E-state index in [1.165, 1.54) is 6.92 Å². The summed E-state index contributed by atoms with van der Waals surface area (Å²) in [7, 11) is 0. The summed E-state index contributed by atoms with van der Waals surface area (Å²) >= 11 is 0. The van der Waals surface area contributed by atoms with Gasteiger partial charge in [-0.25, -0.2) is 0 Å². The average Bonchev–Trinajstić information content (AvgIpc) is 2.21. The van der Waals surface area contributed by atoms with Crippen LogP contribution >= 0.6 is 0 Å². The van der Waals surface area contributed by atoms with Gasteiger partial charge in [0.25, 0.3) is 5.78 Å². The average molecular weight is 280 g/mol. The van der Waals surface area contributed by atoms with E-state index in [0.29, 0.717) is 12.8 Å². The molecule has 0 amide bonds. The van der Waals surface area contributed by atoms with Crippen LogP contribution < -0.4 is 0 Å². The lowest BCUT2D eigenvalue weighted by molar-refractivity contribution is -0.181. The van der Waals surface area contributed by atoms with E-state index >= 15 is 0 Å². The summed E-state index contributed by atoms with van der Waals surface area (Å²) in [4.78, 5) is 34.2. The van der Waals surface area contributed by atoms with E-state index < -0.39 is 36.1 Å². The number of hydrogen-bond donors (Lipinski definition) is 0. The van der Waals surface area contributed by atoms with E-state index in [0.717, 1.165) is 6.42 Å². The smallest absolute Gasteiger partial charge is 0.450 e. The van der Waals surface area contributed by atoms with Crippen molar-refractivity contribution in [2.45, 2.75) is 38.8 Å². The quantitative estimate of drug-likeness (QED) is 0.552. The van der Waals surface area contributed by atoms with Crippen LogP contribution in [-0.2, 0) is 19.1 Å². The van der Waals surface area contributed by atoms with Gasteiger partial charge in [0.2, 0.25) is 0 Å². The Balaban J connectivity index is 2.76. The highest BCUT2D eigenvalue weighted by Gasteiger charge is 2.48. The van der Waals surface area contributed by atoms with E-state index in [2.05, 4.69) is 4.74 Å². The van der Waals surface area contributed by atoms with Gasteiger partial charge < -0.3 is 4.74 Å². The summed E-state index contributed by atoms with van der Waals surface area (Å²) < 4.78 is 41.6. The van der Waals surface area contributed by atoms with E-state index in [-0.39, 0.29) is 12.5 Å². The molecule has 0 saturated heterocycles. The normalized spacial score (nSPS) is 17.5. The number of alkyl halides is 3. The molecule has 1 atom stereocenters. The van der Waals surface area contributed by atoms with Crippen molar-refractivity contribution in [3.05, 3.63) is 0 Å². The molecule has 108 valence electrons. The van der Waals surface area contributed by atoms with Crippen LogP contribution in [0.1, 0.15) is 32.6 Å². The Kier molecular flexibility index (Phi) is 5.08. The van der Waals surface area contributed by atoms with Gasteiger partial charge in [-0.15, -0.1) is 0 Å². The van der Waals surface area contributed by atoms with Crippen LogP contribution in [0.5, 0.6) is 0 Å². The summed E-state index contributed by atoms with van der Waals surface area (Å²) in [5.74, 6) is -6.34. The van der Waals surface area contributed by atoms with Crippen molar-refractivity contribution in [2.75, 3.05) is 6.61 Å². The maximum atomic E-state index is 12.4. The minimum atomic E-state index is -5.14. The van der Waals surface area contributed by atoms with E-state index in [4.69, 9.17) is 0 Å². The number of Topliss-reactive ketones (excluding diaryl/α,β-unsaturated/α-hetero) is 2. The van der Waals surface area contributed by atoms with Crippen LogP contribution in [0.2, 0.25) is 0 Å². The van der Waals surface area contributed by atoms with Crippen molar-refractivity contribution in [1.82, 2.24) is 0 Å². The predicted molar refractivity (Wildman–Crippen MR) is 58.2 cm³/mol. The maximum absolute atomic E-state index is 12.4. The lowest BCUT2D eigenvalue weighted by Crippen LogP contribution is -2.39. The zero-order valence-corrected chi connectivity index (χ0v) is 10.5. The lowest BCUT2D eigenvalue weighted by atomic mass is 9.79. The van der Waals surface area contributed by atoms with Crippen LogP contribution in [0.25, 0.3) is 0 Å². The molecule has 0 N–H and O–H groups in total. The fraction of sp³-hybridized carbons (Fsp3) is 0.750. The Morgan fingerprint density at radius 1 is 1.26 bits per heavy atom. The molecule has 0 heterocycles. The molecule has 1 aliphatic carbocycles. The molecule has 1 saturated carbocycles. The summed E-state index contributed by atoms with van der Waals surface area (Å²) in [6.45, 7) is 1.28. The molecule has 1 rings (SSSR count). The molecule has 0 radical (unpaired) electrons. The first-order valence-corrected chi connectivity index (χ1v) is 6.07. The van der Waals surface area contributed by atoms with E-state index in [1.54, 1.807) is 0 Å². The summed E-state index contributed by atoms with van der Waals surface area (Å²) in [6, 6.07) is 0. The largest absolute Gasteiger partial charge is 0.465 e. The number of esters is 1. The molecule has 0 aromatic carbocycles. The molecule has 0 aromatic rings. The van der Waals surface area contributed by atoms with Gasteiger partial charge >= 0.3 is 12.1 Å². The van der Waals surface area contributed by atoms with Gasteiger partial charge in [0, 0.05) is 12.3 Å². The first kappa shape index (κ1) is 15.7. The number of rotatable bonds is 6. The van der Waals surface area contributed by atoms with Crippen LogP contribution in [0.3, 0.4) is 0 Å². The highest BCUT2D eigenvalue weighted by atomic mass is 19.4. The molecular weight excluding hydrogens is 265 g/mol. The molecular formula is C12H15F3O4. The molecule has 0 aromatic heterocycles. The molecule has 0 spiro atoms. The number of carbonyl (C=O) groups excluding carboxylic acids is 3. The number of ether oxygens (including phenoxy) is 1. The third-order valence-corrected chi connectivity index (χ3v) is 3.13. The van der Waals surface area contributed by atoms with Gasteiger partial charge in [0.05, 0.1) is 6.61 Å². The Labute approximate surface area is 108 Å². The topological polar surface area (TPSA) is 60.4 Å². The number of hydrogen-bond acceptors (Lipinski definition) is 4. The molecule has 4 nitrogen and oxygen atoms in total. The fourth-order valence-electron chi connectivity index (χ4n) is 1.82. The predicted octanol–water partition coefficient (Wildman–Crippen LogP) is 2.06. The third-order valence-electron chi connectivity index (χ3n) is 3.13. The van der Waals surface area contributed by atoms with Crippen LogP contribution in [-0.4, -0.2) is 30.3 Å². The third kappa shape index (κ3) is 4.04. The van der Waals surface area contributed by atoms with Crippen molar-refractivity contribution in [3.63, 3.8) is 0 Å². The summed E-state index contributed by atoms with van der Waals surface area (Å²) in [6.07, 6.45) is -3.81. The molecule has 1 unspecified atom stereocenters. The molecule has 0 aliphatic heterocycles. The van der Waals surface area contributed by atoms with Gasteiger partial charge in [-0.3, -0.25) is 14.4 Å². The lowest BCUT2D eigenvalue weighted by Gasteiger charge is -2.25. The Bertz CT molecular complexity index is 372. The SMILES string of the molecule is CCOC(=O)C(CC(=O)C1CCC1)C(=O)C(F)(F)F. The molecule has 1 fully saturated rings. The second-order valence-electron chi connectivity index (χ2n) is 4.46. The number of ketones is 2. The molecule has 0 bridgehead atoms. The van der Waals surface area contributed by atoms with Crippen LogP contribution in [0.15, 0.2) is 0 Å². The first-order valence-electron chi connectivity index (χ1n) is 6.07. The van der Waals surface area contributed by atoms with Gasteiger partial charge in [-0.05, 0) is 19.8 Å². The van der Waals surface area contributed by atoms with Crippen molar-refractivity contribution in [1.29, 1.82) is 0 Å². The second kappa shape index (κ2) is 6.16. The minimum Gasteiger partial charge on any atom is -0.465 e. The van der Waals surface area contributed by atoms with Gasteiger partial charge in [0.15, 0.2) is 0 Å². The van der Waals surface area contributed by atoms with Crippen molar-refractivity contribution < 1.29 is 32.3 Å². The van der Waals surface area contributed by atoms with Gasteiger partial charge in [-0.1, -0.05) is 6.42 Å². The Morgan fingerprint density at radius 2 is 1.84 bits per heavy atom. The van der Waals surface area contributed by atoms with Crippen LogP contribution in [0.4, 0.5) is 13.2 Å². The molecule has 19 heavy (non-hydrogen) atoms. The first-order chi connectivity index (χ1) is 8.77. The minimum absolute atomic E-state index is 0.141.